The van der Waals surface area contributed by atoms with Gasteiger partial charge in [-0.2, -0.15) is 5.10 Å². The average Bonchev–Trinajstić information content (AvgIpc) is 3.38. The second-order valence-corrected chi connectivity index (χ2v) is 7.50. The van der Waals surface area contributed by atoms with Gasteiger partial charge < -0.3 is 10.1 Å². The first-order valence-electron chi connectivity index (χ1n) is 9.20. The molecule has 1 aliphatic heterocycles. The molecule has 0 saturated heterocycles. The second-order valence-electron chi connectivity index (χ2n) is 6.46. The molecule has 0 bridgehead atoms. The average molecular weight is 414 g/mol. The Balaban J connectivity index is 1.38. The molecule has 8 nitrogen and oxygen atoms in total. The molecule has 2 N–H and O–H groups in total. The van der Waals surface area contributed by atoms with Gasteiger partial charge in [0.2, 0.25) is 0 Å². The van der Waals surface area contributed by atoms with Crippen LogP contribution in [0.5, 0.6) is 0 Å². The van der Waals surface area contributed by atoms with Crippen LogP contribution < -0.4 is 15.6 Å². The third-order valence-corrected chi connectivity index (χ3v) is 5.14. The van der Waals surface area contributed by atoms with Crippen LogP contribution in [0.3, 0.4) is 0 Å². The van der Waals surface area contributed by atoms with Crippen LogP contribution in [0.25, 0.3) is 0 Å². The monoisotopic (exact) mass is 414 g/mol. The molecule has 152 valence electrons. The van der Waals surface area contributed by atoms with E-state index in [1.807, 2.05) is 29.4 Å². The summed E-state index contributed by atoms with van der Waals surface area (Å²) in [6.07, 6.45) is 1.60. The molecule has 2 heterocycles. The largest absolute Gasteiger partial charge is 0.452 e. The number of thiophene rings is 1. The SMILES string of the molecule is CC1=NN(c2ccc(C(=O)OCC(=O)NC(=O)NCCc3cccs3)cc2)CC1. The normalized spacial score (nSPS) is 13.0. The highest BCUT2D eigenvalue weighted by atomic mass is 32.1. The van der Waals surface area contributed by atoms with Gasteiger partial charge in [0.15, 0.2) is 6.61 Å². The number of hydrogen-bond acceptors (Lipinski definition) is 7. The molecular formula is C20H22N4O4S. The maximum atomic E-state index is 12.1. The first-order valence-corrected chi connectivity index (χ1v) is 10.1. The summed E-state index contributed by atoms with van der Waals surface area (Å²) in [5.74, 6) is -1.32. The Morgan fingerprint density at radius 2 is 2.00 bits per heavy atom. The number of amides is 3. The summed E-state index contributed by atoms with van der Waals surface area (Å²) < 4.78 is 4.97. The number of anilines is 1. The Kier molecular flexibility index (Phi) is 6.96. The van der Waals surface area contributed by atoms with E-state index in [-0.39, 0.29) is 0 Å². The van der Waals surface area contributed by atoms with Crippen LogP contribution in [-0.2, 0) is 16.0 Å². The number of carbonyl (C=O) groups excluding carboxylic acids is 3. The lowest BCUT2D eigenvalue weighted by Crippen LogP contribution is -2.42. The van der Waals surface area contributed by atoms with Gasteiger partial charge in [-0.15, -0.1) is 11.3 Å². The lowest BCUT2D eigenvalue weighted by molar-refractivity contribution is -0.123. The van der Waals surface area contributed by atoms with Crippen molar-refractivity contribution in [3.05, 3.63) is 52.2 Å². The number of urea groups is 1. The molecule has 0 unspecified atom stereocenters. The first-order chi connectivity index (χ1) is 14.0. The number of nitrogens with zero attached hydrogens (tertiary/aromatic N) is 2. The van der Waals surface area contributed by atoms with Gasteiger partial charge in [0.1, 0.15) is 0 Å². The smallest absolute Gasteiger partial charge is 0.338 e. The third-order valence-electron chi connectivity index (χ3n) is 4.20. The third kappa shape index (κ3) is 6.15. The summed E-state index contributed by atoms with van der Waals surface area (Å²) in [5.41, 5.74) is 2.27. The van der Waals surface area contributed by atoms with Crippen molar-refractivity contribution in [3.63, 3.8) is 0 Å². The number of nitrogens with one attached hydrogen (secondary N) is 2. The van der Waals surface area contributed by atoms with E-state index in [0.717, 1.165) is 29.2 Å². The summed E-state index contributed by atoms with van der Waals surface area (Å²) in [4.78, 5) is 36.7. The van der Waals surface area contributed by atoms with E-state index in [1.165, 1.54) is 0 Å². The van der Waals surface area contributed by atoms with Crippen LogP contribution in [-0.4, -0.2) is 43.3 Å². The Morgan fingerprint density at radius 1 is 1.21 bits per heavy atom. The maximum absolute atomic E-state index is 12.1. The quantitative estimate of drug-likeness (QED) is 0.679. The summed E-state index contributed by atoms with van der Waals surface area (Å²) in [6.45, 7) is 2.66. The fraction of sp³-hybridized carbons (Fsp3) is 0.300. The minimum atomic E-state index is -0.689. The van der Waals surface area contributed by atoms with Gasteiger partial charge in [-0.25, -0.2) is 9.59 Å². The summed E-state index contributed by atoms with van der Waals surface area (Å²) >= 11 is 1.60. The van der Waals surface area contributed by atoms with Gasteiger partial charge in [-0.3, -0.25) is 15.1 Å². The number of hydrazone groups is 1. The van der Waals surface area contributed by atoms with Crippen LogP contribution >= 0.6 is 11.3 Å². The lowest BCUT2D eigenvalue weighted by Gasteiger charge is -2.13. The molecule has 0 fully saturated rings. The van der Waals surface area contributed by atoms with Crippen molar-refractivity contribution in [2.75, 3.05) is 24.7 Å². The summed E-state index contributed by atoms with van der Waals surface area (Å²) in [6, 6.07) is 10.1. The molecule has 1 aromatic carbocycles. The highest BCUT2D eigenvalue weighted by Crippen LogP contribution is 2.20. The van der Waals surface area contributed by atoms with E-state index in [0.29, 0.717) is 18.5 Å². The molecule has 0 spiro atoms. The number of rotatable bonds is 7. The number of ether oxygens (including phenoxy) is 1. The summed E-state index contributed by atoms with van der Waals surface area (Å²) in [7, 11) is 0. The van der Waals surface area contributed by atoms with E-state index >= 15 is 0 Å². The molecule has 0 atom stereocenters. The number of carbonyl (C=O) groups is 3. The highest BCUT2D eigenvalue weighted by Gasteiger charge is 2.15. The standard InChI is InChI=1S/C20H22N4O4S/c1-14-9-11-24(23-14)16-6-4-15(5-7-16)19(26)28-13-18(25)22-20(27)21-10-8-17-3-2-12-29-17/h2-7,12H,8-11,13H2,1H3,(H2,21,22,25,27). The van der Waals surface area contributed by atoms with Crippen molar-refractivity contribution in [1.82, 2.24) is 10.6 Å². The van der Waals surface area contributed by atoms with Gasteiger partial charge in [0.25, 0.3) is 5.91 Å². The van der Waals surface area contributed by atoms with E-state index in [9.17, 15) is 14.4 Å². The molecule has 9 heteroatoms. The zero-order valence-electron chi connectivity index (χ0n) is 16.0. The number of imide groups is 1. The van der Waals surface area contributed by atoms with Crippen molar-refractivity contribution in [2.24, 2.45) is 5.10 Å². The zero-order valence-corrected chi connectivity index (χ0v) is 16.8. The van der Waals surface area contributed by atoms with Crippen LogP contribution in [0.2, 0.25) is 0 Å². The van der Waals surface area contributed by atoms with E-state index in [1.54, 1.807) is 35.6 Å². The Morgan fingerprint density at radius 3 is 2.66 bits per heavy atom. The second kappa shape index (κ2) is 9.83. The van der Waals surface area contributed by atoms with Crippen LogP contribution in [0.1, 0.15) is 28.6 Å². The minimum Gasteiger partial charge on any atom is -0.452 e. The van der Waals surface area contributed by atoms with Crippen molar-refractivity contribution in [2.45, 2.75) is 19.8 Å². The van der Waals surface area contributed by atoms with Crippen molar-refractivity contribution < 1.29 is 19.1 Å². The number of hydrogen-bond donors (Lipinski definition) is 2. The predicted molar refractivity (Wildman–Crippen MR) is 111 cm³/mol. The van der Waals surface area contributed by atoms with Crippen molar-refractivity contribution in [3.8, 4) is 0 Å². The predicted octanol–water partition coefficient (Wildman–Crippen LogP) is 2.56. The van der Waals surface area contributed by atoms with Gasteiger partial charge in [-0.05, 0) is 49.1 Å². The maximum Gasteiger partial charge on any atom is 0.338 e. The lowest BCUT2D eigenvalue weighted by atomic mass is 10.2. The summed E-state index contributed by atoms with van der Waals surface area (Å²) in [5, 5.41) is 13.0. The van der Waals surface area contributed by atoms with Crippen LogP contribution in [0.15, 0.2) is 46.9 Å². The van der Waals surface area contributed by atoms with Crippen molar-refractivity contribution >= 4 is 40.6 Å². The first kappa shape index (κ1) is 20.5. The molecule has 0 saturated carbocycles. The molecule has 0 aliphatic carbocycles. The van der Waals surface area contributed by atoms with E-state index < -0.39 is 24.5 Å². The van der Waals surface area contributed by atoms with Crippen LogP contribution in [0, 0.1) is 0 Å². The molecule has 2 aromatic rings. The number of benzene rings is 1. The van der Waals surface area contributed by atoms with E-state index in [4.69, 9.17) is 4.74 Å². The van der Waals surface area contributed by atoms with Gasteiger partial charge in [-0.1, -0.05) is 6.07 Å². The Hall–Kier alpha value is -3.20. The molecular weight excluding hydrogens is 392 g/mol. The Bertz CT molecular complexity index is 894. The Labute approximate surface area is 172 Å². The molecule has 1 aliphatic rings. The zero-order chi connectivity index (χ0) is 20.6. The topological polar surface area (TPSA) is 100 Å². The van der Waals surface area contributed by atoms with Gasteiger partial charge >= 0.3 is 12.0 Å². The molecule has 3 rings (SSSR count). The molecule has 1 aromatic heterocycles. The molecule has 29 heavy (non-hydrogen) atoms. The minimum absolute atomic E-state index is 0.321. The van der Waals surface area contributed by atoms with Gasteiger partial charge in [0.05, 0.1) is 11.3 Å². The highest BCUT2D eigenvalue weighted by molar-refractivity contribution is 7.09. The fourth-order valence-corrected chi connectivity index (χ4v) is 3.41. The number of esters is 1. The van der Waals surface area contributed by atoms with Crippen molar-refractivity contribution in [1.29, 1.82) is 0 Å². The van der Waals surface area contributed by atoms with E-state index in [2.05, 4.69) is 15.7 Å². The molecule has 0 radical (unpaired) electrons. The van der Waals surface area contributed by atoms with Gasteiger partial charge in [0, 0.05) is 30.1 Å². The fourth-order valence-electron chi connectivity index (χ4n) is 2.71. The van der Waals surface area contributed by atoms with Crippen LogP contribution in [0.4, 0.5) is 10.5 Å². The molecule has 3 amide bonds.